The molecule has 0 radical (unpaired) electrons. The van der Waals surface area contributed by atoms with E-state index in [1.165, 1.54) is 44.6 Å². The number of hydrogen-bond donors (Lipinski definition) is 2. The Kier molecular flexibility index (Phi) is 2.78. The molecule has 108 valence electrons. The van der Waals surface area contributed by atoms with E-state index in [1.54, 1.807) is 0 Å². The number of hydrogen-bond acceptors (Lipinski definition) is 3. The summed E-state index contributed by atoms with van der Waals surface area (Å²) < 4.78 is 0. The zero-order valence-electron chi connectivity index (χ0n) is 11.9. The fourth-order valence-electron chi connectivity index (χ4n) is 5.61. The van der Waals surface area contributed by atoms with Gasteiger partial charge in [0.2, 0.25) is 0 Å². The maximum atomic E-state index is 11.7. The quantitative estimate of drug-likeness (QED) is 0.884. The van der Waals surface area contributed by atoms with Crippen molar-refractivity contribution < 1.29 is 0 Å². The van der Waals surface area contributed by atoms with Crippen molar-refractivity contribution in [2.24, 2.45) is 28.9 Å². The zero-order valence-corrected chi connectivity index (χ0v) is 11.9. The lowest BCUT2D eigenvalue weighted by atomic mass is 9.49. The minimum Gasteiger partial charge on any atom is -0.325 e. The second kappa shape index (κ2) is 4.42. The Hall–Kier alpha value is -1.16. The van der Waals surface area contributed by atoms with Crippen LogP contribution in [0.1, 0.15) is 50.0 Å². The summed E-state index contributed by atoms with van der Waals surface area (Å²) in [5, 5.41) is 0. The second-order valence-electron chi connectivity index (χ2n) is 7.48. The number of aromatic amines is 1. The summed E-state index contributed by atoms with van der Waals surface area (Å²) in [4.78, 5) is 19.2. The molecule has 0 saturated heterocycles. The molecule has 1 aromatic heterocycles. The average molecular weight is 273 g/mol. The van der Waals surface area contributed by atoms with Crippen LogP contribution in [-0.4, -0.2) is 9.97 Å². The van der Waals surface area contributed by atoms with Gasteiger partial charge in [0, 0.05) is 19.0 Å². The summed E-state index contributed by atoms with van der Waals surface area (Å²) in [5.74, 6) is 3.67. The molecule has 4 aliphatic carbocycles. The average Bonchev–Trinajstić information content (AvgIpc) is 2.35. The summed E-state index contributed by atoms with van der Waals surface area (Å²) in [7, 11) is 0. The molecule has 5 rings (SSSR count). The van der Waals surface area contributed by atoms with E-state index in [-0.39, 0.29) is 5.56 Å². The lowest BCUT2D eigenvalue weighted by Crippen LogP contribution is -2.47. The molecular weight excluding hydrogens is 250 g/mol. The fraction of sp³-hybridized carbons (Fsp3) is 0.750. The molecule has 4 saturated carbocycles. The third kappa shape index (κ3) is 2.10. The van der Waals surface area contributed by atoms with E-state index in [0.717, 1.165) is 30.0 Å². The summed E-state index contributed by atoms with van der Waals surface area (Å²) in [6, 6.07) is 1.52. The van der Waals surface area contributed by atoms with Crippen molar-refractivity contribution in [1.82, 2.24) is 9.97 Å². The minimum absolute atomic E-state index is 0.0554. The van der Waals surface area contributed by atoms with Crippen LogP contribution in [0.15, 0.2) is 10.9 Å². The Balaban J connectivity index is 1.62. The van der Waals surface area contributed by atoms with Gasteiger partial charge in [-0.15, -0.1) is 0 Å². The standard InChI is InChI=1S/C16H23N3O/c17-9-13-4-15(20)19-14(18-13)8-16-5-10-1-11(6-16)3-12(2-10)7-16/h4,10-12H,1-3,5-9,17H2,(H,18,19,20). The Morgan fingerprint density at radius 2 is 1.80 bits per heavy atom. The molecule has 0 aromatic carbocycles. The number of aromatic nitrogens is 2. The number of nitrogens with one attached hydrogen (secondary N) is 1. The van der Waals surface area contributed by atoms with E-state index in [1.807, 2.05) is 0 Å². The normalized spacial score (nSPS) is 38.4. The van der Waals surface area contributed by atoms with Gasteiger partial charge in [0.05, 0.1) is 5.69 Å². The maximum absolute atomic E-state index is 11.7. The van der Waals surface area contributed by atoms with Crippen LogP contribution in [0, 0.1) is 23.2 Å². The highest BCUT2D eigenvalue weighted by atomic mass is 16.1. The summed E-state index contributed by atoms with van der Waals surface area (Å²) in [6.07, 6.45) is 9.32. The molecule has 4 fully saturated rings. The van der Waals surface area contributed by atoms with Crippen LogP contribution in [0.5, 0.6) is 0 Å². The smallest absolute Gasteiger partial charge is 0.251 e. The topological polar surface area (TPSA) is 71.8 Å². The molecule has 20 heavy (non-hydrogen) atoms. The molecule has 1 aromatic rings. The second-order valence-corrected chi connectivity index (χ2v) is 7.48. The van der Waals surface area contributed by atoms with Crippen molar-refractivity contribution in [3.05, 3.63) is 27.9 Å². The first-order valence-electron chi connectivity index (χ1n) is 7.93. The van der Waals surface area contributed by atoms with E-state index in [4.69, 9.17) is 5.73 Å². The SMILES string of the molecule is NCc1cc(=O)[nH]c(CC23CC4CC(CC(C4)C2)C3)n1. The van der Waals surface area contributed by atoms with Crippen LogP contribution in [0.3, 0.4) is 0 Å². The number of rotatable bonds is 3. The lowest BCUT2D eigenvalue weighted by Gasteiger charge is -2.56. The predicted octanol–water partition coefficient (Wildman–Crippen LogP) is 1.99. The molecule has 4 aliphatic rings. The molecule has 4 bridgehead atoms. The van der Waals surface area contributed by atoms with E-state index in [9.17, 15) is 4.79 Å². The highest BCUT2D eigenvalue weighted by Gasteiger charge is 2.50. The van der Waals surface area contributed by atoms with Gasteiger partial charge < -0.3 is 10.7 Å². The Labute approximate surface area is 119 Å². The van der Waals surface area contributed by atoms with Crippen molar-refractivity contribution in [3.8, 4) is 0 Å². The zero-order chi connectivity index (χ0) is 13.7. The molecule has 4 nitrogen and oxygen atoms in total. The number of nitrogens with zero attached hydrogens (tertiary/aromatic N) is 1. The van der Waals surface area contributed by atoms with Crippen LogP contribution < -0.4 is 11.3 Å². The molecule has 0 aliphatic heterocycles. The largest absolute Gasteiger partial charge is 0.325 e. The van der Waals surface area contributed by atoms with Crippen LogP contribution in [0.25, 0.3) is 0 Å². The first-order valence-corrected chi connectivity index (χ1v) is 7.93. The summed E-state index contributed by atoms with van der Waals surface area (Å²) in [5.41, 5.74) is 6.71. The van der Waals surface area contributed by atoms with E-state index >= 15 is 0 Å². The first-order chi connectivity index (χ1) is 9.64. The van der Waals surface area contributed by atoms with Gasteiger partial charge in [0.25, 0.3) is 5.56 Å². The maximum Gasteiger partial charge on any atom is 0.251 e. The van der Waals surface area contributed by atoms with Gasteiger partial charge in [-0.25, -0.2) is 4.98 Å². The van der Waals surface area contributed by atoms with Crippen molar-refractivity contribution in [3.63, 3.8) is 0 Å². The van der Waals surface area contributed by atoms with Crippen molar-refractivity contribution in [1.29, 1.82) is 0 Å². The Bertz CT molecular complexity index is 542. The Morgan fingerprint density at radius 3 is 2.35 bits per heavy atom. The van der Waals surface area contributed by atoms with Gasteiger partial charge in [-0.05, 0) is 61.7 Å². The van der Waals surface area contributed by atoms with Crippen molar-refractivity contribution >= 4 is 0 Å². The molecular formula is C16H23N3O. The molecule has 1 heterocycles. The van der Waals surface area contributed by atoms with Gasteiger partial charge in [-0.3, -0.25) is 4.79 Å². The van der Waals surface area contributed by atoms with Gasteiger partial charge >= 0.3 is 0 Å². The highest BCUT2D eigenvalue weighted by Crippen LogP contribution is 2.60. The van der Waals surface area contributed by atoms with Crippen LogP contribution in [-0.2, 0) is 13.0 Å². The predicted molar refractivity (Wildman–Crippen MR) is 77.1 cm³/mol. The monoisotopic (exact) mass is 273 g/mol. The summed E-state index contributed by atoms with van der Waals surface area (Å²) >= 11 is 0. The lowest BCUT2D eigenvalue weighted by molar-refractivity contribution is -0.0532. The molecule has 0 atom stereocenters. The third-order valence-corrected chi connectivity index (χ3v) is 5.76. The number of nitrogens with two attached hydrogens (primary N) is 1. The van der Waals surface area contributed by atoms with Crippen molar-refractivity contribution in [2.45, 2.75) is 51.5 Å². The van der Waals surface area contributed by atoms with Crippen LogP contribution >= 0.6 is 0 Å². The molecule has 0 amide bonds. The molecule has 4 heteroatoms. The van der Waals surface area contributed by atoms with Gasteiger partial charge in [-0.1, -0.05) is 0 Å². The van der Waals surface area contributed by atoms with Gasteiger partial charge in [-0.2, -0.15) is 0 Å². The van der Waals surface area contributed by atoms with Gasteiger partial charge in [0.15, 0.2) is 0 Å². The summed E-state index contributed by atoms with van der Waals surface area (Å²) in [6.45, 7) is 0.345. The van der Waals surface area contributed by atoms with E-state index in [2.05, 4.69) is 9.97 Å². The fourth-order valence-corrected chi connectivity index (χ4v) is 5.61. The Morgan fingerprint density at radius 1 is 1.20 bits per heavy atom. The molecule has 0 spiro atoms. The van der Waals surface area contributed by atoms with Crippen LogP contribution in [0.4, 0.5) is 0 Å². The van der Waals surface area contributed by atoms with Crippen molar-refractivity contribution in [2.75, 3.05) is 0 Å². The van der Waals surface area contributed by atoms with E-state index in [0.29, 0.717) is 17.7 Å². The minimum atomic E-state index is -0.0554. The van der Waals surface area contributed by atoms with Crippen LogP contribution in [0.2, 0.25) is 0 Å². The molecule has 3 N–H and O–H groups in total. The highest BCUT2D eigenvalue weighted by molar-refractivity contribution is 5.08. The number of H-pyrrole nitrogens is 1. The first kappa shape index (κ1) is 12.6. The third-order valence-electron chi connectivity index (χ3n) is 5.76. The van der Waals surface area contributed by atoms with Gasteiger partial charge in [0.1, 0.15) is 5.82 Å². The molecule has 0 unspecified atom stereocenters. The van der Waals surface area contributed by atoms with E-state index < -0.39 is 0 Å².